The van der Waals surface area contributed by atoms with Crippen LogP contribution in [0.15, 0.2) is 17.0 Å². The quantitative estimate of drug-likeness (QED) is 0.401. The summed E-state index contributed by atoms with van der Waals surface area (Å²) in [4.78, 5) is 18.9. The Labute approximate surface area is 241 Å². The van der Waals surface area contributed by atoms with E-state index in [9.17, 15) is 26.4 Å². The highest BCUT2D eigenvalue weighted by Crippen LogP contribution is 2.32. The number of fused-ring (bicyclic) bond motifs is 1. The van der Waals surface area contributed by atoms with Crippen molar-refractivity contribution in [2.45, 2.75) is 68.6 Å². The molecule has 0 aromatic heterocycles. The summed E-state index contributed by atoms with van der Waals surface area (Å²) in [5.74, 6) is -0.111. The second-order valence-electron chi connectivity index (χ2n) is 11.4. The zero-order valence-electron chi connectivity index (χ0n) is 24.3. The molecule has 1 saturated heterocycles. The minimum absolute atomic E-state index is 0.00985. The number of nitrogens with zero attached hydrogens (tertiary/aromatic N) is 4. The molecule has 0 atom stereocenters. The summed E-state index contributed by atoms with van der Waals surface area (Å²) < 4.78 is 79.3. The van der Waals surface area contributed by atoms with E-state index in [-0.39, 0.29) is 24.6 Å². The molecule has 0 unspecified atom stereocenters. The molecule has 13 heteroatoms. The van der Waals surface area contributed by atoms with E-state index in [1.807, 2.05) is 0 Å². The van der Waals surface area contributed by atoms with Crippen molar-refractivity contribution >= 4 is 15.9 Å². The van der Waals surface area contributed by atoms with Crippen LogP contribution in [0.2, 0.25) is 0 Å². The summed E-state index contributed by atoms with van der Waals surface area (Å²) in [6.45, 7) is 3.98. The van der Waals surface area contributed by atoms with Crippen LogP contribution in [-0.2, 0) is 26.0 Å². The van der Waals surface area contributed by atoms with E-state index >= 15 is 0 Å². The molecule has 1 saturated carbocycles. The third kappa shape index (κ3) is 8.13. The average Bonchev–Trinajstić information content (AvgIpc) is 3.04. The summed E-state index contributed by atoms with van der Waals surface area (Å²) in [7, 11) is -0.185. The Bertz CT molecular complexity index is 1150. The number of hydrogen-bond donors (Lipinski definition) is 0. The molecule has 2 aliphatic heterocycles. The van der Waals surface area contributed by atoms with Gasteiger partial charge in [-0.3, -0.25) is 9.69 Å². The predicted octanol–water partition coefficient (Wildman–Crippen LogP) is 2.91. The first-order valence-electron chi connectivity index (χ1n) is 14.4. The second-order valence-corrected chi connectivity index (χ2v) is 13.3. The molecule has 41 heavy (non-hydrogen) atoms. The van der Waals surface area contributed by atoms with E-state index in [4.69, 9.17) is 9.47 Å². The van der Waals surface area contributed by atoms with Gasteiger partial charge in [-0.25, -0.2) is 8.42 Å². The fraction of sp³-hybridized carbons (Fsp3) is 0.750. The summed E-state index contributed by atoms with van der Waals surface area (Å²) in [5, 5.41) is 0. The van der Waals surface area contributed by atoms with E-state index in [2.05, 4.69) is 16.8 Å². The van der Waals surface area contributed by atoms with Gasteiger partial charge in [-0.05, 0) is 75.8 Å². The van der Waals surface area contributed by atoms with Crippen LogP contribution in [0.3, 0.4) is 0 Å². The molecule has 1 aromatic carbocycles. The first-order chi connectivity index (χ1) is 19.4. The van der Waals surface area contributed by atoms with E-state index in [0.717, 1.165) is 43.9 Å². The van der Waals surface area contributed by atoms with E-state index in [1.54, 1.807) is 19.1 Å². The Morgan fingerprint density at radius 1 is 1.07 bits per heavy atom. The fourth-order valence-corrected chi connectivity index (χ4v) is 8.26. The van der Waals surface area contributed by atoms with Crippen LogP contribution in [0.4, 0.5) is 13.2 Å². The molecule has 2 heterocycles. The Kier molecular flexibility index (Phi) is 10.6. The number of likely N-dealkylation sites (N-methyl/N-ethyl adjacent to an activating group) is 1. The number of amides is 1. The lowest BCUT2D eigenvalue weighted by Crippen LogP contribution is -2.53. The van der Waals surface area contributed by atoms with Gasteiger partial charge in [0.25, 0.3) is 0 Å². The predicted molar refractivity (Wildman–Crippen MR) is 149 cm³/mol. The lowest BCUT2D eigenvalue weighted by Gasteiger charge is -2.43. The molecule has 2 fully saturated rings. The first-order valence-corrected chi connectivity index (χ1v) is 15.9. The third-order valence-electron chi connectivity index (χ3n) is 8.55. The van der Waals surface area contributed by atoms with Crippen LogP contribution in [0, 0.1) is 6.92 Å². The number of carbonyl (C=O) groups excluding carboxylic acids is 1. The molecule has 0 spiro atoms. The largest absolute Gasteiger partial charge is 0.497 e. The van der Waals surface area contributed by atoms with Crippen LogP contribution < -0.4 is 4.74 Å². The van der Waals surface area contributed by atoms with Crippen molar-refractivity contribution < 1.29 is 35.9 Å². The van der Waals surface area contributed by atoms with Gasteiger partial charge in [-0.1, -0.05) is 0 Å². The zero-order valence-corrected chi connectivity index (χ0v) is 25.1. The van der Waals surface area contributed by atoms with Crippen LogP contribution in [0.1, 0.15) is 43.2 Å². The average molecular weight is 605 g/mol. The Balaban J connectivity index is 1.32. The Hall–Kier alpha value is -1.93. The number of sulfonamides is 1. The van der Waals surface area contributed by atoms with Gasteiger partial charge in [-0.15, -0.1) is 0 Å². The van der Waals surface area contributed by atoms with Crippen molar-refractivity contribution in [2.75, 3.05) is 73.2 Å². The lowest BCUT2D eigenvalue weighted by molar-refractivity contribution is -0.170. The van der Waals surface area contributed by atoms with Gasteiger partial charge in [0, 0.05) is 51.4 Å². The van der Waals surface area contributed by atoms with Crippen LogP contribution >= 0.6 is 0 Å². The van der Waals surface area contributed by atoms with Gasteiger partial charge in [0.05, 0.1) is 18.6 Å². The second kappa shape index (κ2) is 13.6. The molecule has 0 bridgehead atoms. The fourth-order valence-electron chi connectivity index (χ4n) is 6.36. The van der Waals surface area contributed by atoms with Crippen molar-refractivity contribution in [2.24, 2.45) is 0 Å². The van der Waals surface area contributed by atoms with Crippen molar-refractivity contribution in [3.05, 3.63) is 23.3 Å². The minimum Gasteiger partial charge on any atom is -0.497 e. The number of halogens is 3. The van der Waals surface area contributed by atoms with Gasteiger partial charge < -0.3 is 19.3 Å². The molecule has 232 valence electrons. The zero-order chi connectivity index (χ0) is 29.8. The van der Waals surface area contributed by atoms with Gasteiger partial charge in [-0.2, -0.15) is 17.5 Å². The number of rotatable bonds is 9. The highest BCUT2D eigenvalue weighted by Gasteiger charge is 2.39. The van der Waals surface area contributed by atoms with Crippen LogP contribution in [-0.4, -0.2) is 125 Å². The number of ether oxygens (including phenoxy) is 2. The smallest absolute Gasteiger partial charge is 0.406 e. The molecule has 4 rings (SSSR count). The molecule has 1 aromatic rings. The monoisotopic (exact) mass is 604 g/mol. The van der Waals surface area contributed by atoms with E-state index < -0.39 is 41.3 Å². The molecule has 0 N–H and O–H groups in total. The van der Waals surface area contributed by atoms with Crippen LogP contribution in [0.25, 0.3) is 0 Å². The SMILES string of the molecule is COc1cc(C)c2c(c1)CCCN(CCOCC(=O)N(CC(F)(F)F)C1CCC(N3CCN(C)CC3)CC1)S2(=O)=O. The Morgan fingerprint density at radius 2 is 1.76 bits per heavy atom. The minimum atomic E-state index is -4.52. The highest BCUT2D eigenvalue weighted by molar-refractivity contribution is 7.89. The number of benzene rings is 1. The highest BCUT2D eigenvalue weighted by atomic mass is 32.2. The summed E-state index contributed by atoms with van der Waals surface area (Å²) in [5.41, 5.74) is 1.29. The maximum absolute atomic E-state index is 13.5. The number of hydrogen-bond acceptors (Lipinski definition) is 7. The maximum Gasteiger partial charge on any atom is 0.406 e. The molecule has 1 aliphatic carbocycles. The molecule has 3 aliphatic rings. The Morgan fingerprint density at radius 3 is 2.39 bits per heavy atom. The van der Waals surface area contributed by atoms with E-state index in [0.29, 0.717) is 48.6 Å². The normalized spacial score (nSPS) is 24.4. The molecule has 0 radical (unpaired) electrons. The third-order valence-corrected chi connectivity index (χ3v) is 10.7. The van der Waals surface area contributed by atoms with Crippen molar-refractivity contribution in [3.8, 4) is 5.75 Å². The molecule has 9 nitrogen and oxygen atoms in total. The number of alkyl halides is 3. The molecular weight excluding hydrogens is 561 g/mol. The molecular formula is C28H43F3N4O5S. The van der Waals surface area contributed by atoms with E-state index in [1.165, 1.54) is 11.4 Å². The van der Waals surface area contributed by atoms with Gasteiger partial charge in [0.1, 0.15) is 18.9 Å². The van der Waals surface area contributed by atoms with Gasteiger partial charge >= 0.3 is 6.18 Å². The van der Waals surface area contributed by atoms with Gasteiger partial charge in [0.15, 0.2) is 0 Å². The summed E-state index contributed by atoms with van der Waals surface area (Å²) in [6.07, 6.45) is -0.770. The summed E-state index contributed by atoms with van der Waals surface area (Å²) in [6, 6.07) is 3.28. The standard InChI is InChI=1S/C28H43F3N4O5S/c1-21-17-25(39-3)18-22-5-4-10-34(41(37,38)27(21)22)15-16-40-19-26(36)35(20-28(29,30)31)24-8-6-23(7-9-24)33-13-11-32(2)12-14-33/h17-18,23-24H,4-16,19-20H2,1-3H3. The number of methoxy groups -OCH3 is 1. The number of aryl methyl sites for hydroxylation is 2. The molecule has 1 amide bonds. The van der Waals surface area contributed by atoms with Crippen LogP contribution in [0.5, 0.6) is 5.75 Å². The summed E-state index contributed by atoms with van der Waals surface area (Å²) >= 11 is 0. The maximum atomic E-state index is 13.5. The lowest BCUT2D eigenvalue weighted by atomic mass is 9.88. The van der Waals surface area contributed by atoms with Crippen molar-refractivity contribution in [1.82, 2.24) is 19.0 Å². The number of piperazine rings is 1. The van der Waals surface area contributed by atoms with Gasteiger partial charge in [0.2, 0.25) is 15.9 Å². The first kappa shape index (κ1) is 32.0. The number of carbonyl (C=O) groups is 1. The van der Waals surface area contributed by atoms with Crippen molar-refractivity contribution in [1.29, 1.82) is 0 Å². The topological polar surface area (TPSA) is 82.6 Å². The van der Waals surface area contributed by atoms with Crippen molar-refractivity contribution in [3.63, 3.8) is 0 Å².